The largest absolute Gasteiger partial charge is 0.399 e. The van der Waals surface area contributed by atoms with E-state index in [-0.39, 0.29) is 5.91 Å². The third kappa shape index (κ3) is 2.17. The number of nitrogens with one attached hydrogen (secondary N) is 1. The lowest BCUT2D eigenvalue weighted by atomic mass is 10.2. The molecule has 0 radical (unpaired) electrons. The molecule has 0 bridgehead atoms. The van der Waals surface area contributed by atoms with Gasteiger partial charge in [0.25, 0.3) is 5.91 Å². The monoisotopic (exact) mass is 234 g/mol. The Balaban J connectivity index is 2.18. The second kappa shape index (κ2) is 4.28. The molecule has 1 heterocycles. The Labute approximate surface area is 96.5 Å². The van der Waals surface area contributed by atoms with E-state index >= 15 is 0 Å². The number of nitrogen functional groups attached to an aromatic ring is 1. The summed E-state index contributed by atoms with van der Waals surface area (Å²) in [6.45, 7) is 1.89. The average Bonchev–Trinajstić information content (AvgIpc) is 2.75. The molecule has 1 aromatic heterocycles. The summed E-state index contributed by atoms with van der Waals surface area (Å²) in [5.41, 5.74) is 7.96. The third-order valence-electron chi connectivity index (χ3n) is 2.08. The van der Waals surface area contributed by atoms with E-state index in [2.05, 4.69) is 14.9 Å². The van der Waals surface area contributed by atoms with Crippen LogP contribution in [0.3, 0.4) is 0 Å². The SMILES string of the molecule is Cc1cc(N)ccc1NC(=O)c1cnns1. The first kappa shape index (κ1) is 10.6. The second-order valence-corrected chi connectivity index (χ2v) is 4.10. The van der Waals surface area contributed by atoms with Crippen molar-refractivity contribution < 1.29 is 4.79 Å². The zero-order chi connectivity index (χ0) is 11.5. The number of aromatic nitrogens is 2. The highest BCUT2D eigenvalue weighted by Gasteiger charge is 2.09. The topological polar surface area (TPSA) is 80.9 Å². The predicted molar refractivity (Wildman–Crippen MR) is 63.5 cm³/mol. The minimum Gasteiger partial charge on any atom is -0.399 e. The molecule has 0 aliphatic carbocycles. The lowest BCUT2D eigenvalue weighted by Gasteiger charge is -2.07. The summed E-state index contributed by atoms with van der Waals surface area (Å²) in [5.74, 6) is -0.206. The van der Waals surface area contributed by atoms with Crippen LogP contribution in [0.15, 0.2) is 24.4 Å². The van der Waals surface area contributed by atoms with Crippen LogP contribution in [0, 0.1) is 6.92 Å². The quantitative estimate of drug-likeness (QED) is 0.775. The number of nitrogens with zero attached hydrogens (tertiary/aromatic N) is 2. The summed E-state index contributed by atoms with van der Waals surface area (Å²) in [6, 6.07) is 5.32. The minimum atomic E-state index is -0.206. The Morgan fingerprint density at radius 3 is 2.94 bits per heavy atom. The van der Waals surface area contributed by atoms with Gasteiger partial charge in [-0.1, -0.05) is 4.49 Å². The highest BCUT2D eigenvalue weighted by atomic mass is 32.1. The Morgan fingerprint density at radius 2 is 2.31 bits per heavy atom. The lowest BCUT2D eigenvalue weighted by molar-refractivity contribution is 0.103. The summed E-state index contributed by atoms with van der Waals surface area (Å²) in [7, 11) is 0. The van der Waals surface area contributed by atoms with E-state index in [0.717, 1.165) is 22.8 Å². The predicted octanol–water partition coefficient (Wildman–Crippen LogP) is 1.68. The van der Waals surface area contributed by atoms with Gasteiger partial charge in [0, 0.05) is 11.4 Å². The van der Waals surface area contributed by atoms with Gasteiger partial charge in [-0.3, -0.25) is 4.79 Å². The van der Waals surface area contributed by atoms with Crippen molar-refractivity contribution in [1.82, 2.24) is 9.59 Å². The van der Waals surface area contributed by atoms with E-state index in [4.69, 9.17) is 5.73 Å². The molecule has 0 unspecified atom stereocenters. The van der Waals surface area contributed by atoms with E-state index in [1.807, 2.05) is 6.92 Å². The van der Waals surface area contributed by atoms with Crippen LogP contribution in [0.5, 0.6) is 0 Å². The zero-order valence-electron chi connectivity index (χ0n) is 8.60. The van der Waals surface area contributed by atoms with Crippen molar-refractivity contribution >= 4 is 28.8 Å². The first-order valence-corrected chi connectivity index (χ1v) is 5.39. The van der Waals surface area contributed by atoms with Gasteiger partial charge in [0.2, 0.25) is 0 Å². The highest BCUT2D eigenvalue weighted by molar-refractivity contribution is 7.07. The molecule has 0 atom stereocenters. The maximum atomic E-state index is 11.7. The maximum absolute atomic E-state index is 11.7. The third-order valence-corrected chi connectivity index (χ3v) is 2.75. The highest BCUT2D eigenvalue weighted by Crippen LogP contribution is 2.18. The van der Waals surface area contributed by atoms with Crippen LogP contribution >= 0.6 is 11.5 Å². The van der Waals surface area contributed by atoms with Gasteiger partial charge in [0.15, 0.2) is 0 Å². The zero-order valence-corrected chi connectivity index (χ0v) is 9.41. The number of benzene rings is 1. The Hall–Kier alpha value is -1.95. The summed E-state index contributed by atoms with van der Waals surface area (Å²) >= 11 is 1.06. The van der Waals surface area contributed by atoms with E-state index in [0.29, 0.717) is 10.6 Å². The summed E-state index contributed by atoms with van der Waals surface area (Å²) in [5, 5.41) is 6.38. The average molecular weight is 234 g/mol. The van der Waals surface area contributed by atoms with Crippen LogP contribution < -0.4 is 11.1 Å². The molecular weight excluding hydrogens is 224 g/mol. The molecule has 2 rings (SSSR count). The van der Waals surface area contributed by atoms with Gasteiger partial charge in [-0.15, -0.1) is 5.10 Å². The van der Waals surface area contributed by atoms with Crippen LogP contribution in [-0.4, -0.2) is 15.5 Å². The van der Waals surface area contributed by atoms with Gasteiger partial charge in [0.05, 0.1) is 6.20 Å². The number of carbonyl (C=O) groups excluding carboxylic acids is 1. The first-order valence-electron chi connectivity index (χ1n) is 4.61. The molecule has 0 saturated carbocycles. The molecule has 82 valence electrons. The maximum Gasteiger partial charge on any atom is 0.269 e. The van der Waals surface area contributed by atoms with Crippen molar-refractivity contribution in [2.45, 2.75) is 6.92 Å². The molecule has 1 amide bonds. The van der Waals surface area contributed by atoms with Crippen LogP contribution in [0.4, 0.5) is 11.4 Å². The first-order chi connectivity index (χ1) is 7.66. The van der Waals surface area contributed by atoms with Crippen molar-refractivity contribution in [3.8, 4) is 0 Å². The molecular formula is C10H10N4OS. The van der Waals surface area contributed by atoms with Gasteiger partial charge >= 0.3 is 0 Å². The second-order valence-electron chi connectivity index (χ2n) is 3.31. The fraction of sp³-hybridized carbons (Fsp3) is 0.100. The van der Waals surface area contributed by atoms with Crippen molar-refractivity contribution in [3.05, 3.63) is 34.8 Å². The van der Waals surface area contributed by atoms with Crippen molar-refractivity contribution in [2.24, 2.45) is 0 Å². The Morgan fingerprint density at radius 1 is 1.50 bits per heavy atom. The van der Waals surface area contributed by atoms with E-state index in [9.17, 15) is 4.79 Å². The number of hydrogen-bond acceptors (Lipinski definition) is 5. The number of aryl methyl sites for hydroxylation is 1. The lowest BCUT2D eigenvalue weighted by Crippen LogP contribution is -2.11. The Bertz CT molecular complexity index is 510. The molecule has 16 heavy (non-hydrogen) atoms. The van der Waals surface area contributed by atoms with Gasteiger partial charge in [-0.25, -0.2) is 0 Å². The number of amides is 1. The number of hydrogen-bond donors (Lipinski definition) is 2. The van der Waals surface area contributed by atoms with E-state index in [1.165, 1.54) is 6.20 Å². The number of rotatable bonds is 2. The Kier molecular flexibility index (Phi) is 2.82. The van der Waals surface area contributed by atoms with Crippen molar-refractivity contribution in [2.75, 3.05) is 11.1 Å². The normalized spacial score (nSPS) is 10.1. The smallest absolute Gasteiger partial charge is 0.269 e. The molecule has 0 spiro atoms. The van der Waals surface area contributed by atoms with Crippen LogP contribution in [-0.2, 0) is 0 Å². The fourth-order valence-electron chi connectivity index (χ4n) is 1.28. The minimum absolute atomic E-state index is 0.206. The van der Waals surface area contributed by atoms with Gasteiger partial charge < -0.3 is 11.1 Å². The standard InChI is InChI=1S/C10H10N4OS/c1-6-4-7(11)2-3-8(6)13-10(15)9-5-12-14-16-9/h2-5H,11H2,1H3,(H,13,15). The van der Waals surface area contributed by atoms with Crippen LogP contribution in [0.2, 0.25) is 0 Å². The number of anilines is 2. The molecule has 0 fully saturated rings. The summed E-state index contributed by atoms with van der Waals surface area (Å²) < 4.78 is 3.63. The molecule has 5 nitrogen and oxygen atoms in total. The van der Waals surface area contributed by atoms with Gasteiger partial charge in [0.1, 0.15) is 4.88 Å². The molecule has 6 heteroatoms. The van der Waals surface area contributed by atoms with Gasteiger partial charge in [-0.2, -0.15) is 0 Å². The number of nitrogens with two attached hydrogens (primary N) is 1. The molecule has 2 aromatic rings. The molecule has 0 aliphatic heterocycles. The fourth-order valence-corrected chi connectivity index (χ4v) is 1.69. The molecule has 0 aliphatic rings. The van der Waals surface area contributed by atoms with Crippen LogP contribution in [0.1, 0.15) is 15.2 Å². The summed E-state index contributed by atoms with van der Waals surface area (Å²) in [6.07, 6.45) is 1.44. The molecule has 1 aromatic carbocycles. The van der Waals surface area contributed by atoms with E-state index in [1.54, 1.807) is 18.2 Å². The summed E-state index contributed by atoms with van der Waals surface area (Å²) in [4.78, 5) is 12.2. The van der Waals surface area contributed by atoms with Crippen molar-refractivity contribution in [3.63, 3.8) is 0 Å². The van der Waals surface area contributed by atoms with Gasteiger partial charge in [-0.05, 0) is 42.2 Å². The van der Waals surface area contributed by atoms with Crippen LogP contribution in [0.25, 0.3) is 0 Å². The molecule has 0 saturated heterocycles. The van der Waals surface area contributed by atoms with Crippen molar-refractivity contribution in [1.29, 1.82) is 0 Å². The molecule has 3 N–H and O–H groups in total. The van der Waals surface area contributed by atoms with E-state index < -0.39 is 0 Å². The number of carbonyl (C=O) groups is 1.